The predicted octanol–water partition coefficient (Wildman–Crippen LogP) is 1.57. The molecule has 0 saturated carbocycles. The minimum Gasteiger partial charge on any atom is -0.381 e. The van der Waals surface area contributed by atoms with E-state index in [2.05, 4.69) is 20.6 Å². The molecule has 0 radical (unpaired) electrons. The van der Waals surface area contributed by atoms with Crippen LogP contribution in [0, 0.1) is 23.0 Å². The number of rotatable bonds is 6. The van der Waals surface area contributed by atoms with Crippen molar-refractivity contribution >= 4 is 17.5 Å². The SMILES string of the molecule is CNc1nc(C)c([N+](=O)[O-])c(NCCC2CCOC2)n1. The molecule has 20 heavy (non-hydrogen) atoms. The van der Waals surface area contributed by atoms with E-state index in [1.165, 1.54) is 0 Å². The Hall–Kier alpha value is -1.96. The van der Waals surface area contributed by atoms with E-state index in [9.17, 15) is 10.1 Å². The van der Waals surface area contributed by atoms with Gasteiger partial charge in [-0.15, -0.1) is 0 Å². The molecule has 1 aromatic heterocycles. The molecule has 0 aromatic carbocycles. The van der Waals surface area contributed by atoms with Gasteiger partial charge in [0.05, 0.1) is 4.92 Å². The number of hydrogen-bond donors (Lipinski definition) is 2. The highest BCUT2D eigenvalue weighted by Gasteiger charge is 2.22. The van der Waals surface area contributed by atoms with Crippen molar-refractivity contribution in [3.63, 3.8) is 0 Å². The van der Waals surface area contributed by atoms with Gasteiger partial charge in [-0.25, -0.2) is 4.98 Å². The molecule has 1 unspecified atom stereocenters. The van der Waals surface area contributed by atoms with Crippen molar-refractivity contribution < 1.29 is 9.66 Å². The molecule has 1 aromatic rings. The monoisotopic (exact) mass is 281 g/mol. The van der Waals surface area contributed by atoms with Crippen LogP contribution in [-0.2, 0) is 4.74 Å². The number of nitrogens with one attached hydrogen (secondary N) is 2. The van der Waals surface area contributed by atoms with Crippen LogP contribution in [-0.4, -0.2) is 41.7 Å². The van der Waals surface area contributed by atoms with Gasteiger partial charge in [-0.2, -0.15) is 4.98 Å². The van der Waals surface area contributed by atoms with Gasteiger partial charge in [0.1, 0.15) is 5.69 Å². The van der Waals surface area contributed by atoms with Crippen LogP contribution in [0.5, 0.6) is 0 Å². The number of nitrogens with zero attached hydrogens (tertiary/aromatic N) is 3. The van der Waals surface area contributed by atoms with E-state index in [1.54, 1.807) is 14.0 Å². The topological polar surface area (TPSA) is 102 Å². The maximum Gasteiger partial charge on any atom is 0.332 e. The summed E-state index contributed by atoms with van der Waals surface area (Å²) >= 11 is 0. The van der Waals surface area contributed by atoms with E-state index in [4.69, 9.17) is 4.74 Å². The molecule has 8 heteroatoms. The molecule has 0 bridgehead atoms. The van der Waals surface area contributed by atoms with E-state index >= 15 is 0 Å². The summed E-state index contributed by atoms with van der Waals surface area (Å²) in [5, 5.41) is 17.0. The first kappa shape index (κ1) is 14.4. The summed E-state index contributed by atoms with van der Waals surface area (Å²) in [5.41, 5.74) is 0.285. The lowest BCUT2D eigenvalue weighted by molar-refractivity contribution is -0.385. The maximum absolute atomic E-state index is 11.1. The summed E-state index contributed by atoms with van der Waals surface area (Å²) in [6.07, 6.45) is 1.96. The highest BCUT2D eigenvalue weighted by molar-refractivity contribution is 5.60. The standard InChI is InChI=1S/C12H19N5O3/c1-8-10(17(18)19)11(16-12(13-2)15-8)14-5-3-9-4-6-20-7-9/h9H,3-7H2,1-2H3,(H2,13,14,15,16). The van der Waals surface area contributed by atoms with Crippen molar-refractivity contribution in [3.05, 3.63) is 15.8 Å². The number of hydrogen-bond acceptors (Lipinski definition) is 7. The lowest BCUT2D eigenvalue weighted by atomic mass is 10.1. The fourth-order valence-electron chi connectivity index (χ4n) is 2.23. The fraction of sp³-hybridized carbons (Fsp3) is 0.667. The molecule has 0 aliphatic carbocycles. The average Bonchev–Trinajstić information content (AvgIpc) is 2.90. The highest BCUT2D eigenvalue weighted by Crippen LogP contribution is 2.26. The van der Waals surface area contributed by atoms with Gasteiger partial charge in [0.2, 0.25) is 11.8 Å². The van der Waals surface area contributed by atoms with Crippen molar-refractivity contribution in [2.24, 2.45) is 5.92 Å². The molecule has 0 amide bonds. The van der Waals surface area contributed by atoms with Crippen molar-refractivity contribution in [3.8, 4) is 0 Å². The van der Waals surface area contributed by atoms with Crippen molar-refractivity contribution in [1.82, 2.24) is 9.97 Å². The van der Waals surface area contributed by atoms with Crippen LogP contribution >= 0.6 is 0 Å². The maximum atomic E-state index is 11.1. The Balaban J connectivity index is 2.07. The Morgan fingerprint density at radius 1 is 1.50 bits per heavy atom. The molecule has 2 heterocycles. The van der Waals surface area contributed by atoms with E-state index in [0.717, 1.165) is 26.1 Å². The predicted molar refractivity (Wildman–Crippen MR) is 75.0 cm³/mol. The smallest absolute Gasteiger partial charge is 0.332 e. The Morgan fingerprint density at radius 2 is 2.30 bits per heavy atom. The van der Waals surface area contributed by atoms with Gasteiger partial charge < -0.3 is 15.4 Å². The molecule has 2 N–H and O–H groups in total. The summed E-state index contributed by atoms with van der Waals surface area (Å²) < 4.78 is 5.31. The minimum absolute atomic E-state index is 0.0633. The molecule has 1 atom stereocenters. The third-order valence-corrected chi connectivity index (χ3v) is 3.33. The summed E-state index contributed by atoms with van der Waals surface area (Å²) in [7, 11) is 1.68. The van der Waals surface area contributed by atoms with Crippen LogP contribution in [0.15, 0.2) is 0 Å². The van der Waals surface area contributed by atoms with Crippen LogP contribution in [0.2, 0.25) is 0 Å². The zero-order valence-electron chi connectivity index (χ0n) is 11.7. The number of aryl methyl sites for hydroxylation is 1. The summed E-state index contributed by atoms with van der Waals surface area (Å²) in [4.78, 5) is 18.8. The average molecular weight is 281 g/mol. The largest absolute Gasteiger partial charge is 0.381 e. The van der Waals surface area contributed by atoms with Gasteiger partial charge >= 0.3 is 5.69 Å². The van der Waals surface area contributed by atoms with Gasteiger partial charge in [0.15, 0.2) is 0 Å². The Kier molecular flexibility index (Phi) is 4.67. The zero-order valence-corrected chi connectivity index (χ0v) is 11.7. The van der Waals surface area contributed by atoms with E-state index in [0.29, 0.717) is 24.1 Å². The van der Waals surface area contributed by atoms with Crippen LogP contribution in [0.25, 0.3) is 0 Å². The van der Waals surface area contributed by atoms with Crippen LogP contribution in [0.1, 0.15) is 18.5 Å². The molecule has 1 fully saturated rings. The van der Waals surface area contributed by atoms with Crippen molar-refractivity contribution in [1.29, 1.82) is 0 Å². The van der Waals surface area contributed by atoms with Crippen LogP contribution in [0.3, 0.4) is 0 Å². The molecular formula is C12H19N5O3. The second kappa shape index (κ2) is 6.47. The molecule has 1 aliphatic rings. The van der Waals surface area contributed by atoms with Gasteiger partial charge in [0.25, 0.3) is 0 Å². The molecule has 0 spiro atoms. The molecule has 1 aliphatic heterocycles. The van der Waals surface area contributed by atoms with Gasteiger partial charge in [-0.3, -0.25) is 10.1 Å². The Labute approximate surface area is 117 Å². The first-order valence-electron chi connectivity index (χ1n) is 6.64. The Morgan fingerprint density at radius 3 is 2.90 bits per heavy atom. The van der Waals surface area contributed by atoms with Gasteiger partial charge in [0, 0.05) is 26.8 Å². The van der Waals surface area contributed by atoms with Crippen LogP contribution in [0.4, 0.5) is 17.5 Å². The normalized spacial score (nSPS) is 18.0. The summed E-state index contributed by atoms with van der Waals surface area (Å²) in [6, 6.07) is 0. The van der Waals surface area contributed by atoms with Crippen molar-refractivity contribution in [2.75, 3.05) is 37.4 Å². The van der Waals surface area contributed by atoms with Crippen LogP contribution < -0.4 is 10.6 Å². The highest BCUT2D eigenvalue weighted by atomic mass is 16.6. The summed E-state index contributed by atoms with van der Waals surface area (Å²) in [5.74, 6) is 1.17. The van der Waals surface area contributed by atoms with E-state index < -0.39 is 4.92 Å². The summed E-state index contributed by atoms with van der Waals surface area (Å²) in [6.45, 7) is 3.82. The second-order valence-corrected chi connectivity index (χ2v) is 4.78. The number of ether oxygens (including phenoxy) is 1. The molecule has 110 valence electrons. The second-order valence-electron chi connectivity index (χ2n) is 4.78. The first-order chi connectivity index (χ1) is 9.61. The number of aromatic nitrogens is 2. The third-order valence-electron chi connectivity index (χ3n) is 3.33. The molecule has 1 saturated heterocycles. The van der Waals surface area contributed by atoms with Crippen molar-refractivity contribution in [2.45, 2.75) is 19.8 Å². The first-order valence-corrected chi connectivity index (χ1v) is 6.64. The lowest BCUT2D eigenvalue weighted by Gasteiger charge is -2.11. The van der Waals surface area contributed by atoms with E-state index in [-0.39, 0.29) is 11.5 Å². The molecule has 2 rings (SSSR count). The fourth-order valence-corrected chi connectivity index (χ4v) is 2.23. The molecule has 8 nitrogen and oxygen atoms in total. The van der Waals surface area contributed by atoms with Gasteiger partial charge in [-0.05, 0) is 25.7 Å². The van der Waals surface area contributed by atoms with Gasteiger partial charge in [-0.1, -0.05) is 0 Å². The van der Waals surface area contributed by atoms with E-state index in [1.807, 2.05) is 0 Å². The Bertz CT molecular complexity index is 488. The minimum atomic E-state index is -0.449. The number of nitro groups is 1. The molecular weight excluding hydrogens is 262 g/mol. The lowest BCUT2D eigenvalue weighted by Crippen LogP contribution is -2.13. The third kappa shape index (κ3) is 3.32. The zero-order chi connectivity index (χ0) is 14.5. The number of anilines is 2. The quantitative estimate of drug-likeness (QED) is 0.602.